The van der Waals surface area contributed by atoms with Crippen molar-refractivity contribution >= 4 is 11.6 Å². The van der Waals surface area contributed by atoms with Crippen LogP contribution in [0.2, 0.25) is 0 Å². The number of nitriles is 1. The van der Waals surface area contributed by atoms with Crippen LogP contribution in [0.5, 0.6) is 0 Å². The van der Waals surface area contributed by atoms with Crippen LogP contribution in [0, 0.1) is 16.7 Å². The van der Waals surface area contributed by atoms with Crippen LogP contribution in [0.1, 0.15) is 71.6 Å². The Kier molecular flexibility index (Phi) is 7.18. The van der Waals surface area contributed by atoms with E-state index in [-0.39, 0.29) is 0 Å². The molecule has 0 spiro atoms. The van der Waals surface area contributed by atoms with Crippen LogP contribution in [0.3, 0.4) is 0 Å². The third-order valence-corrected chi connectivity index (χ3v) is 5.17. The van der Waals surface area contributed by atoms with E-state index in [0.29, 0.717) is 6.61 Å². The third-order valence-electron chi connectivity index (χ3n) is 4.46. The summed E-state index contributed by atoms with van der Waals surface area (Å²) in [6.07, 6.45) is 10.2. The molecule has 1 aliphatic rings. The van der Waals surface area contributed by atoms with E-state index in [1.807, 2.05) is 6.92 Å². The summed E-state index contributed by atoms with van der Waals surface area (Å²) in [6, 6.07) is 2.43. The van der Waals surface area contributed by atoms with Gasteiger partial charge in [-0.15, -0.1) is 11.6 Å². The predicted molar refractivity (Wildman–Crippen MR) is 80.4 cm³/mol. The molecule has 0 aromatic heterocycles. The van der Waals surface area contributed by atoms with Crippen LogP contribution < -0.4 is 0 Å². The van der Waals surface area contributed by atoms with Crippen molar-refractivity contribution in [2.45, 2.75) is 76.5 Å². The maximum atomic E-state index is 9.40. The number of ether oxygens (including phenoxy) is 1. The zero-order valence-corrected chi connectivity index (χ0v) is 13.3. The second kappa shape index (κ2) is 8.12. The first-order chi connectivity index (χ1) is 9.08. The number of hydrogen-bond donors (Lipinski definition) is 0. The first-order valence-electron chi connectivity index (χ1n) is 7.76. The van der Waals surface area contributed by atoms with E-state index in [2.05, 4.69) is 13.0 Å². The molecule has 110 valence electrons. The molecular weight excluding hydrogens is 258 g/mol. The number of hydrogen-bond acceptors (Lipinski definition) is 2. The van der Waals surface area contributed by atoms with Crippen LogP contribution in [0.4, 0.5) is 0 Å². The maximum absolute atomic E-state index is 9.40. The Morgan fingerprint density at radius 2 is 1.84 bits per heavy atom. The van der Waals surface area contributed by atoms with Gasteiger partial charge in [0, 0.05) is 6.61 Å². The number of alkyl halides is 1. The molecule has 0 aromatic rings. The van der Waals surface area contributed by atoms with E-state index in [4.69, 9.17) is 16.3 Å². The van der Waals surface area contributed by atoms with Crippen molar-refractivity contribution in [2.24, 2.45) is 5.41 Å². The van der Waals surface area contributed by atoms with Gasteiger partial charge < -0.3 is 4.74 Å². The third kappa shape index (κ3) is 4.65. The van der Waals surface area contributed by atoms with Crippen LogP contribution in [0.25, 0.3) is 0 Å². The standard InChI is InChI=1S/C16H28ClNO/c1-3-4-5-6-9-12-19-14-16(17)11-8-7-10-15(16,2)13-18/h3-12,14H2,1-2H3. The molecule has 2 nitrogen and oxygen atoms in total. The average Bonchev–Trinajstić information content (AvgIpc) is 2.41. The zero-order chi connectivity index (χ0) is 14.2. The first-order valence-corrected chi connectivity index (χ1v) is 8.14. The van der Waals surface area contributed by atoms with Gasteiger partial charge in [0.2, 0.25) is 0 Å². The number of nitrogens with zero attached hydrogens (tertiary/aromatic N) is 1. The van der Waals surface area contributed by atoms with Crippen LogP contribution in [-0.2, 0) is 4.74 Å². The molecule has 3 heteroatoms. The van der Waals surface area contributed by atoms with Gasteiger partial charge in [0.1, 0.15) is 0 Å². The average molecular weight is 286 g/mol. The summed E-state index contributed by atoms with van der Waals surface area (Å²) in [5.74, 6) is 0. The minimum absolute atomic E-state index is 0.435. The van der Waals surface area contributed by atoms with E-state index in [1.54, 1.807) is 0 Å². The van der Waals surface area contributed by atoms with Crippen molar-refractivity contribution < 1.29 is 4.74 Å². The minimum atomic E-state index is -0.483. The monoisotopic (exact) mass is 285 g/mol. The zero-order valence-electron chi connectivity index (χ0n) is 12.5. The minimum Gasteiger partial charge on any atom is -0.380 e. The van der Waals surface area contributed by atoms with Crippen molar-refractivity contribution in [3.8, 4) is 6.07 Å². The molecule has 0 saturated heterocycles. The highest BCUT2D eigenvalue weighted by molar-refractivity contribution is 6.25. The molecule has 1 rings (SSSR count). The molecular formula is C16H28ClNO. The van der Waals surface area contributed by atoms with Gasteiger partial charge in [0.05, 0.1) is 23.0 Å². The molecule has 0 radical (unpaired) electrons. The number of rotatable bonds is 8. The lowest BCUT2D eigenvalue weighted by atomic mass is 9.68. The Labute approximate surface area is 123 Å². The molecule has 2 atom stereocenters. The smallest absolute Gasteiger partial charge is 0.0862 e. The van der Waals surface area contributed by atoms with Crippen LogP contribution in [-0.4, -0.2) is 18.1 Å². The second-order valence-corrected chi connectivity index (χ2v) is 6.81. The van der Waals surface area contributed by atoms with E-state index in [1.165, 1.54) is 25.7 Å². The van der Waals surface area contributed by atoms with Crippen molar-refractivity contribution in [2.75, 3.05) is 13.2 Å². The molecule has 0 amide bonds. The highest BCUT2D eigenvalue weighted by Crippen LogP contribution is 2.48. The lowest BCUT2D eigenvalue weighted by Gasteiger charge is -2.43. The normalized spacial score (nSPS) is 31.1. The summed E-state index contributed by atoms with van der Waals surface area (Å²) in [5.41, 5.74) is -0.435. The fourth-order valence-corrected chi connectivity index (χ4v) is 3.16. The molecule has 1 aliphatic carbocycles. The Bertz CT molecular complexity index is 302. The van der Waals surface area contributed by atoms with E-state index in [0.717, 1.165) is 38.7 Å². The highest BCUT2D eigenvalue weighted by Gasteiger charge is 2.49. The summed E-state index contributed by atoms with van der Waals surface area (Å²) in [4.78, 5) is -0.483. The Morgan fingerprint density at radius 1 is 1.16 bits per heavy atom. The number of unbranched alkanes of at least 4 members (excludes halogenated alkanes) is 4. The van der Waals surface area contributed by atoms with Gasteiger partial charge >= 0.3 is 0 Å². The number of halogens is 1. The van der Waals surface area contributed by atoms with Gasteiger partial charge in [0.15, 0.2) is 0 Å². The maximum Gasteiger partial charge on any atom is 0.0862 e. The summed E-state index contributed by atoms with van der Waals surface area (Å²) in [7, 11) is 0. The van der Waals surface area contributed by atoms with Crippen LogP contribution >= 0.6 is 11.6 Å². The highest BCUT2D eigenvalue weighted by atomic mass is 35.5. The SMILES string of the molecule is CCCCCCCOCC1(Cl)CCCCC1(C)C#N. The van der Waals surface area contributed by atoms with Gasteiger partial charge in [-0.1, -0.05) is 45.4 Å². The lowest BCUT2D eigenvalue weighted by Crippen LogP contribution is -2.47. The molecule has 0 bridgehead atoms. The Balaban J connectivity index is 2.28. The van der Waals surface area contributed by atoms with Crippen LogP contribution in [0.15, 0.2) is 0 Å². The predicted octanol–water partition coefficient (Wildman–Crippen LogP) is 5.05. The lowest BCUT2D eigenvalue weighted by molar-refractivity contribution is 0.0550. The molecule has 0 aromatic carbocycles. The van der Waals surface area contributed by atoms with Gasteiger partial charge in [-0.25, -0.2) is 0 Å². The summed E-state index contributed by atoms with van der Waals surface area (Å²) < 4.78 is 5.77. The molecule has 1 fully saturated rings. The largest absolute Gasteiger partial charge is 0.380 e. The quantitative estimate of drug-likeness (QED) is 0.461. The van der Waals surface area contributed by atoms with Crippen molar-refractivity contribution in [3.63, 3.8) is 0 Å². The van der Waals surface area contributed by atoms with E-state index in [9.17, 15) is 5.26 Å². The van der Waals surface area contributed by atoms with E-state index >= 15 is 0 Å². The molecule has 0 N–H and O–H groups in total. The summed E-state index contributed by atoms with van der Waals surface area (Å²) in [6.45, 7) is 5.51. The van der Waals surface area contributed by atoms with Crippen molar-refractivity contribution in [1.82, 2.24) is 0 Å². The van der Waals surface area contributed by atoms with Gasteiger partial charge in [-0.2, -0.15) is 5.26 Å². The summed E-state index contributed by atoms with van der Waals surface area (Å²) in [5, 5.41) is 9.40. The van der Waals surface area contributed by atoms with E-state index < -0.39 is 10.3 Å². The molecule has 2 unspecified atom stereocenters. The van der Waals surface area contributed by atoms with Gasteiger partial charge in [-0.3, -0.25) is 0 Å². The second-order valence-electron chi connectivity index (χ2n) is 6.08. The Hall–Kier alpha value is -0.260. The fraction of sp³-hybridized carbons (Fsp3) is 0.938. The van der Waals surface area contributed by atoms with Gasteiger partial charge in [-0.05, 0) is 26.2 Å². The van der Waals surface area contributed by atoms with Crippen molar-refractivity contribution in [3.05, 3.63) is 0 Å². The molecule has 0 heterocycles. The fourth-order valence-electron chi connectivity index (χ4n) is 2.81. The first kappa shape index (κ1) is 16.8. The molecule has 1 saturated carbocycles. The molecule has 19 heavy (non-hydrogen) atoms. The summed E-state index contributed by atoms with van der Waals surface area (Å²) >= 11 is 6.70. The van der Waals surface area contributed by atoms with Gasteiger partial charge in [0.25, 0.3) is 0 Å². The Morgan fingerprint density at radius 3 is 2.53 bits per heavy atom. The van der Waals surface area contributed by atoms with Crippen molar-refractivity contribution in [1.29, 1.82) is 5.26 Å². The molecule has 0 aliphatic heterocycles. The topological polar surface area (TPSA) is 33.0 Å².